The summed E-state index contributed by atoms with van der Waals surface area (Å²) in [5, 5.41) is 9.48. The Morgan fingerprint density at radius 2 is 1.68 bits per heavy atom. The topological polar surface area (TPSA) is 37.3 Å². The van der Waals surface area contributed by atoms with Crippen LogP contribution in [0.3, 0.4) is 0 Å². The Balaban J connectivity index is 2.81. The van der Waals surface area contributed by atoms with Crippen molar-refractivity contribution >= 4 is 5.97 Å². The number of carbonyl (C=O) groups is 1. The minimum absolute atomic E-state index is 0.131. The van der Waals surface area contributed by atoms with E-state index in [1.165, 1.54) is 0 Å². The van der Waals surface area contributed by atoms with Crippen LogP contribution in [0.1, 0.15) is 67.7 Å². The predicted molar refractivity (Wildman–Crippen MR) is 80.0 cm³/mol. The normalized spacial score (nSPS) is 30.4. The molecule has 1 aliphatic carbocycles. The number of hydrogen-bond acceptors (Lipinski definition) is 1. The van der Waals surface area contributed by atoms with Crippen LogP contribution < -0.4 is 0 Å². The molecule has 1 aliphatic rings. The van der Waals surface area contributed by atoms with Gasteiger partial charge in [-0.1, -0.05) is 48.5 Å². The highest BCUT2D eigenvalue weighted by atomic mass is 16.4. The van der Waals surface area contributed by atoms with Crippen molar-refractivity contribution in [3.05, 3.63) is 0 Å². The van der Waals surface area contributed by atoms with E-state index in [1.807, 2.05) is 0 Å². The van der Waals surface area contributed by atoms with Gasteiger partial charge in [-0.05, 0) is 47.8 Å². The van der Waals surface area contributed by atoms with Gasteiger partial charge in [-0.2, -0.15) is 0 Å². The fourth-order valence-electron chi connectivity index (χ4n) is 3.60. The molecule has 1 saturated carbocycles. The molecule has 0 aliphatic heterocycles. The van der Waals surface area contributed by atoms with Gasteiger partial charge in [0.15, 0.2) is 0 Å². The van der Waals surface area contributed by atoms with Gasteiger partial charge in [-0.15, -0.1) is 0 Å². The molecular weight excluding hydrogens is 236 g/mol. The highest BCUT2D eigenvalue weighted by Crippen LogP contribution is 2.48. The van der Waals surface area contributed by atoms with Gasteiger partial charge < -0.3 is 5.11 Å². The van der Waals surface area contributed by atoms with Gasteiger partial charge in [-0.25, -0.2) is 0 Å². The Kier molecular flexibility index (Phi) is 4.75. The van der Waals surface area contributed by atoms with Crippen molar-refractivity contribution in [3.8, 4) is 0 Å². The van der Waals surface area contributed by atoms with Crippen LogP contribution in [0, 0.1) is 34.5 Å². The van der Waals surface area contributed by atoms with E-state index in [0.29, 0.717) is 17.8 Å². The number of rotatable bonds is 3. The first-order valence-electron chi connectivity index (χ1n) is 7.64. The maximum atomic E-state index is 11.5. The standard InChI is InChI=1S/C17H32O2/c1-11(17(5,6)7)12-8-13(10-16(2,3)4)14(9-12)15(18)19/h11-14H,8-10H2,1-7H3,(H,18,19)/t11?,12-,13?,14?/m1/s1. The van der Waals surface area contributed by atoms with Crippen molar-refractivity contribution < 1.29 is 9.90 Å². The maximum absolute atomic E-state index is 11.5. The van der Waals surface area contributed by atoms with Crippen molar-refractivity contribution in [2.24, 2.45) is 34.5 Å². The minimum Gasteiger partial charge on any atom is -0.481 e. The van der Waals surface area contributed by atoms with Crippen LogP contribution in [0.2, 0.25) is 0 Å². The van der Waals surface area contributed by atoms with Crippen LogP contribution in [-0.2, 0) is 4.79 Å². The highest BCUT2D eigenvalue weighted by Gasteiger charge is 2.43. The number of aliphatic carboxylic acids is 1. The summed E-state index contributed by atoms with van der Waals surface area (Å²) >= 11 is 0. The Hall–Kier alpha value is -0.530. The molecule has 0 aromatic carbocycles. The van der Waals surface area contributed by atoms with Crippen molar-refractivity contribution in [2.75, 3.05) is 0 Å². The third-order valence-electron chi connectivity index (χ3n) is 5.00. The van der Waals surface area contributed by atoms with E-state index in [0.717, 1.165) is 19.3 Å². The monoisotopic (exact) mass is 268 g/mol. The average molecular weight is 268 g/mol. The van der Waals surface area contributed by atoms with Crippen LogP contribution >= 0.6 is 0 Å². The molecular formula is C17H32O2. The highest BCUT2D eigenvalue weighted by molar-refractivity contribution is 5.70. The molecule has 0 heterocycles. The summed E-state index contributed by atoms with van der Waals surface area (Å²) in [4.78, 5) is 11.5. The lowest BCUT2D eigenvalue weighted by atomic mass is 9.73. The van der Waals surface area contributed by atoms with Crippen LogP contribution in [0.15, 0.2) is 0 Å². The molecule has 4 atom stereocenters. The van der Waals surface area contributed by atoms with Crippen molar-refractivity contribution in [2.45, 2.75) is 67.7 Å². The molecule has 1 fully saturated rings. The zero-order chi connectivity index (χ0) is 15.0. The summed E-state index contributed by atoms with van der Waals surface area (Å²) in [5.41, 5.74) is 0.489. The Bertz CT molecular complexity index is 319. The largest absolute Gasteiger partial charge is 0.481 e. The fraction of sp³-hybridized carbons (Fsp3) is 0.941. The van der Waals surface area contributed by atoms with Gasteiger partial charge in [-0.3, -0.25) is 4.79 Å². The van der Waals surface area contributed by atoms with E-state index >= 15 is 0 Å². The summed E-state index contributed by atoms with van der Waals surface area (Å²) in [6.45, 7) is 15.7. The minimum atomic E-state index is -0.585. The molecule has 0 amide bonds. The quantitative estimate of drug-likeness (QED) is 0.796. The van der Waals surface area contributed by atoms with Crippen LogP contribution in [0.4, 0.5) is 0 Å². The van der Waals surface area contributed by atoms with E-state index in [9.17, 15) is 9.90 Å². The first-order valence-corrected chi connectivity index (χ1v) is 7.64. The Labute approximate surface area is 119 Å². The third kappa shape index (κ3) is 4.50. The smallest absolute Gasteiger partial charge is 0.306 e. The average Bonchev–Trinajstić information content (AvgIpc) is 2.56. The van der Waals surface area contributed by atoms with Crippen molar-refractivity contribution in [1.29, 1.82) is 0 Å². The summed E-state index contributed by atoms with van der Waals surface area (Å²) in [6, 6.07) is 0. The SMILES string of the molecule is CC([C@@H]1CC(CC(C)(C)C)C(C(=O)O)C1)C(C)(C)C. The molecule has 19 heavy (non-hydrogen) atoms. The Morgan fingerprint density at radius 3 is 2.05 bits per heavy atom. The fourth-order valence-corrected chi connectivity index (χ4v) is 3.60. The molecule has 0 bridgehead atoms. The second-order valence-corrected chi connectivity index (χ2v) is 8.86. The lowest BCUT2D eigenvalue weighted by Gasteiger charge is -2.32. The first kappa shape index (κ1) is 16.5. The van der Waals surface area contributed by atoms with Gasteiger partial charge in [0.1, 0.15) is 0 Å². The zero-order valence-electron chi connectivity index (χ0n) is 13.8. The summed E-state index contributed by atoms with van der Waals surface area (Å²) in [5.74, 6) is 0.784. The molecule has 0 aromatic rings. The lowest BCUT2D eigenvalue weighted by molar-refractivity contribution is -0.143. The van der Waals surface area contributed by atoms with E-state index in [1.54, 1.807) is 0 Å². The lowest BCUT2D eigenvalue weighted by Crippen LogP contribution is -2.24. The van der Waals surface area contributed by atoms with Gasteiger partial charge >= 0.3 is 5.97 Å². The van der Waals surface area contributed by atoms with Gasteiger partial charge in [0.2, 0.25) is 0 Å². The van der Waals surface area contributed by atoms with Gasteiger partial charge in [0.05, 0.1) is 5.92 Å². The number of carboxylic acid groups (broad SMARTS) is 1. The first-order chi connectivity index (χ1) is 8.42. The maximum Gasteiger partial charge on any atom is 0.306 e. The van der Waals surface area contributed by atoms with Crippen LogP contribution in [0.5, 0.6) is 0 Å². The molecule has 0 aromatic heterocycles. The molecule has 0 spiro atoms. The molecule has 2 nitrogen and oxygen atoms in total. The van der Waals surface area contributed by atoms with Gasteiger partial charge in [0, 0.05) is 0 Å². The van der Waals surface area contributed by atoms with Crippen LogP contribution in [-0.4, -0.2) is 11.1 Å². The zero-order valence-corrected chi connectivity index (χ0v) is 13.8. The predicted octanol–water partition coefficient (Wildman–Crippen LogP) is 4.83. The van der Waals surface area contributed by atoms with E-state index in [4.69, 9.17) is 0 Å². The van der Waals surface area contributed by atoms with Crippen LogP contribution in [0.25, 0.3) is 0 Å². The van der Waals surface area contributed by atoms with Crippen molar-refractivity contribution in [3.63, 3.8) is 0 Å². The summed E-state index contributed by atoms with van der Waals surface area (Å²) in [6.07, 6.45) is 2.98. The molecule has 0 radical (unpaired) electrons. The molecule has 3 unspecified atom stereocenters. The van der Waals surface area contributed by atoms with E-state index < -0.39 is 5.97 Å². The summed E-state index contributed by atoms with van der Waals surface area (Å²) in [7, 11) is 0. The van der Waals surface area contributed by atoms with Crippen molar-refractivity contribution in [1.82, 2.24) is 0 Å². The molecule has 0 saturated heterocycles. The second kappa shape index (κ2) is 5.46. The third-order valence-corrected chi connectivity index (χ3v) is 5.00. The molecule has 1 rings (SSSR count). The molecule has 1 N–H and O–H groups in total. The number of hydrogen-bond donors (Lipinski definition) is 1. The second-order valence-electron chi connectivity index (χ2n) is 8.86. The van der Waals surface area contributed by atoms with E-state index in [2.05, 4.69) is 48.5 Å². The Morgan fingerprint density at radius 1 is 1.16 bits per heavy atom. The van der Waals surface area contributed by atoms with Gasteiger partial charge in [0.25, 0.3) is 0 Å². The number of carboxylic acids is 1. The molecule has 112 valence electrons. The molecule has 2 heteroatoms. The van der Waals surface area contributed by atoms with E-state index in [-0.39, 0.29) is 16.7 Å². The summed E-state index contributed by atoms with van der Waals surface area (Å²) < 4.78 is 0.